The van der Waals surface area contributed by atoms with Crippen molar-refractivity contribution in [1.82, 2.24) is 0 Å². The highest BCUT2D eigenvalue weighted by molar-refractivity contribution is 5.85. The van der Waals surface area contributed by atoms with Crippen LogP contribution in [-0.2, 0) is 16.0 Å². The average Bonchev–Trinajstić information content (AvgIpc) is 3.36. The molecule has 1 N–H and O–H groups in total. The monoisotopic (exact) mass is 414 g/mol. The zero-order valence-electron chi connectivity index (χ0n) is 16.9. The number of hydrogen-bond donors (Lipinski definition) is 1. The van der Waals surface area contributed by atoms with Gasteiger partial charge < -0.3 is 33.5 Å². The van der Waals surface area contributed by atoms with E-state index >= 15 is 0 Å². The Morgan fingerprint density at radius 1 is 0.967 bits per heavy atom. The highest BCUT2D eigenvalue weighted by Gasteiger charge is 2.45. The molecule has 0 unspecified atom stereocenters. The number of benzene rings is 2. The van der Waals surface area contributed by atoms with Crippen LogP contribution in [0.25, 0.3) is 11.1 Å². The second kappa shape index (κ2) is 6.98. The lowest BCUT2D eigenvalue weighted by Gasteiger charge is -2.30. The van der Waals surface area contributed by atoms with Gasteiger partial charge in [-0.25, -0.2) is 0 Å². The van der Waals surface area contributed by atoms with Crippen molar-refractivity contribution in [2.24, 2.45) is 11.8 Å². The number of carbonyl (C=O) groups excluding carboxylic acids is 1. The molecule has 0 saturated carbocycles. The predicted molar refractivity (Wildman–Crippen MR) is 104 cm³/mol. The summed E-state index contributed by atoms with van der Waals surface area (Å²) in [6.45, 7) is 0.274. The first-order valence-corrected chi connectivity index (χ1v) is 9.67. The molecule has 8 nitrogen and oxygen atoms in total. The van der Waals surface area contributed by atoms with Crippen molar-refractivity contribution >= 4 is 5.97 Å². The molecule has 158 valence electrons. The summed E-state index contributed by atoms with van der Waals surface area (Å²) in [5, 5.41) is 11.3. The first-order chi connectivity index (χ1) is 14.6. The van der Waals surface area contributed by atoms with Crippen LogP contribution in [0, 0.1) is 11.8 Å². The average molecular weight is 414 g/mol. The van der Waals surface area contributed by atoms with E-state index in [9.17, 15) is 9.90 Å². The highest BCUT2D eigenvalue weighted by atomic mass is 16.7. The Bertz CT molecular complexity index is 1030. The minimum absolute atomic E-state index is 0.109. The number of carbonyl (C=O) groups is 1. The van der Waals surface area contributed by atoms with Crippen LogP contribution in [0.1, 0.15) is 17.2 Å². The lowest BCUT2D eigenvalue weighted by atomic mass is 9.76. The predicted octanol–water partition coefficient (Wildman–Crippen LogP) is 2.49. The van der Waals surface area contributed by atoms with Gasteiger partial charge in [-0.15, -0.1) is 0 Å². The molecule has 30 heavy (non-hydrogen) atoms. The van der Waals surface area contributed by atoms with Gasteiger partial charge in [0.05, 0.1) is 40.0 Å². The van der Waals surface area contributed by atoms with Crippen LogP contribution >= 0.6 is 0 Å². The van der Waals surface area contributed by atoms with Crippen molar-refractivity contribution in [2.75, 3.05) is 34.7 Å². The topological polar surface area (TPSA) is 92.7 Å². The number of cyclic esters (lactones) is 1. The molecule has 3 aliphatic rings. The lowest BCUT2D eigenvalue weighted by Crippen LogP contribution is -2.27. The Balaban J connectivity index is 1.85. The Labute approximate surface area is 173 Å². The summed E-state index contributed by atoms with van der Waals surface area (Å²) >= 11 is 0. The van der Waals surface area contributed by atoms with Crippen LogP contribution < -0.4 is 23.7 Å². The Morgan fingerprint density at radius 3 is 2.40 bits per heavy atom. The Hall–Kier alpha value is -3.13. The summed E-state index contributed by atoms with van der Waals surface area (Å²) in [7, 11) is 4.64. The molecule has 0 amide bonds. The molecule has 0 spiro atoms. The minimum Gasteiger partial charge on any atom is -0.493 e. The van der Waals surface area contributed by atoms with E-state index in [-0.39, 0.29) is 25.3 Å². The molecule has 2 aromatic carbocycles. The molecule has 2 aromatic rings. The van der Waals surface area contributed by atoms with Gasteiger partial charge in [-0.05, 0) is 41.3 Å². The van der Waals surface area contributed by atoms with Crippen molar-refractivity contribution in [3.8, 4) is 39.9 Å². The van der Waals surface area contributed by atoms with Crippen LogP contribution in [0.3, 0.4) is 0 Å². The van der Waals surface area contributed by atoms with E-state index in [1.54, 1.807) is 20.3 Å². The molecular formula is C22H22O8. The quantitative estimate of drug-likeness (QED) is 0.766. The third kappa shape index (κ3) is 2.60. The molecule has 2 heterocycles. The van der Waals surface area contributed by atoms with Crippen LogP contribution in [0.15, 0.2) is 18.2 Å². The molecule has 2 aliphatic heterocycles. The number of rotatable bonds is 3. The van der Waals surface area contributed by atoms with Crippen LogP contribution in [0.5, 0.6) is 28.7 Å². The summed E-state index contributed by atoms with van der Waals surface area (Å²) in [5.41, 5.74) is 2.92. The normalized spacial score (nSPS) is 23.5. The number of hydrogen-bond acceptors (Lipinski definition) is 8. The van der Waals surface area contributed by atoms with Gasteiger partial charge in [0, 0.05) is 11.5 Å². The van der Waals surface area contributed by atoms with Crippen LogP contribution in [0.4, 0.5) is 0 Å². The third-order valence-corrected chi connectivity index (χ3v) is 6.13. The van der Waals surface area contributed by atoms with Crippen molar-refractivity contribution in [1.29, 1.82) is 0 Å². The molecule has 0 radical (unpaired) electrons. The van der Waals surface area contributed by atoms with Gasteiger partial charge in [-0.2, -0.15) is 0 Å². The third-order valence-electron chi connectivity index (χ3n) is 6.13. The zero-order valence-corrected chi connectivity index (χ0v) is 16.9. The highest BCUT2D eigenvalue weighted by Crippen LogP contribution is 2.54. The Kier molecular flexibility index (Phi) is 4.39. The first-order valence-electron chi connectivity index (χ1n) is 9.67. The van der Waals surface area contributed by atoms with Gasteiger partial charge in [-0.1, -0.05) is 0 Å². The van der Waals surface area contributed by atoms with Gasteiger partial charge in [-0.3, -0.25) is 4.79 Å². The number of aliphatic hydroxyl groups excluding tert-OH is 1. The standard InChI is InChI=1S/C22H22O8/c1-25-17-5-10-4-13-14(8-28-22(13)24)19(23)12-7-16-15(29-9-30-16)6-11(12)18(10)21(27-3)20(17)26-2/h5-7,13-14,19,23H,4,8-9H2,1-3H3/t13-,14-,19-/m0/s1. The van der Waals surface area contributed by atoms with Crippen LogP contribution in [0.2, 0.25) is 0 Å². The van der Waals surface area contributed by atoms with E-state index in [2.05, 4.69) is 0 Å². The van der Waals surface area contributed by atoms with E-state index in [4.69, 9.17) is 28.4 Å². The minimum atomic E-state index is -0.920. The SMILES string of the molecule is COc1cc2c(c(OC)c1OC)-c1cc3c(cc1[C@H](O)[C@H]1COC(=O)[C@H]1C2)OCO3. The first kappa shape index (κ1) is 18.9. The maximum atomic E-state index is 12.5. The van der Waals surface area contributed by atoms with Crippen molar-refractivity contribution in [3.05, 3.63) is 29.3 Å². The summed E-state index contributed by atoms with van der Waals surface area (Å²) < 4.78 is 33.3. The maximum Gasteiger partial charge on any atom is 0.309 e. The fourth-order valence-electron chi connectivity index (χ4n) is 4.67. The zero-order chi connectivity index (χ0) is 21.0. The van der Waals surface area contributed by atoms with Gasteiger partial charge in [0.15, 0.2) is 23.0 Å². The van der Waals surface area contributed by atoms with Crippen molar-refractivity contribution in [3.63, 3.8) is 0 Å². The summed E-state index contributed by atoms with van der Waals surface area (Å²) in [5.74, 6) is 1.36. The van der Waals surface area contributed by atoms with Crippen molar-refractivity contribution in [2.45, 2.75) is 12.5 Å². The lowest BCUT2D eigenvalue weighted by molar-refractivity contribution is -0.141. The molecule has 8 heteroatoms. The second-order valence-corrected chi connectivity index (χ2v) is 7.52. The van der Waals surface area contributed by atoms with E-state index in [0.717, 1.165) is 16.7 Å². The van der Waals surface area contributed by atoms with E-state index in [1.807, 2.05) is 12.1 Å². The second-order valence-electron chi connectivity index (χ2n) is 7.52. The van der Waals surface area contributed by atoms with Gasteiger partial charge in [0.1, 0.15) is 0 Å². The fraction of sp³-hybridized carbons (Fsp3) is 0.409. The van der Waals surface area contributed by atoms with Crippen LogP contribution in [-0.4, -0.2) is 45.8 Å². The molecule has 3 atom stereocenters. The molecule has 1 aliphatic carbocycles. The molecular weight excluding hydrogens is 392 g/mol. The molecule has 1 fully saturated rings. The molecule has 5 rings (SSSR count). The number of ether oxygens (including phenoxy) is 6. The van der Waals surface area contributed by atoms with E-state index in [0.29, 0.717) is 40.7 Å². The summed E-state index contributed by atoms with van der Waals surface area (Å²) in [6, 6.07) is 5.46. The largest absolute Gasteiger partial charge is 0.493 e. The molecule has 0 aromatic heterocycles. The summed E-state index contributed by atoms with van der Waals surface area (Å²) in [4.78, 5) is 12.5. The molecule has 0 bridgehead atoms. The Morgan fingerprint density at radius 2 is 1.70 bits per heavy atom. The van der Waals surface area contributed by atoms with Gasteiger partial charge in [0.2, 0.25) is 12.5 Å². The number of esters is 1. The maximum absolute atomic E-state index is 12.5. The van der Waals surface area contributed by atoms with E-state index in [1.165, 1.54) is 7.11 Å². The smallest absolute Gasteiger partial charge is 0.309 e. The fourth-order valence-corrected chi connectivity index (χ4v) is 4.67. The number of aliphatic hydroxyl groups is 1. The van der Waals surface area contributed by atoms with Gasteiger partial charge in [0.25, 0.3) is 0 Å². The molecule has 1 saturated heterocycles. The van der Waals surface area contributed by atoms with E-state index < -0.39 is 12.0 Å². The van der Waals surface area contributed by atoms with Gasteiger partial charge >= 0.3 is 5.97 Å². The number of methoxy groups -OCH3 is 3. The summed E-state index contributed by atoms with van der Waals surface area (Å²) in [6.07, 6.45) is -0.544. The number of fused-ring (bicyclic) bond motifs is 5. The van der Waals surface area contributed by atoms with Crippen molar-refractivity contribution < 1.29 is 38.3 Å².